The summed E-state index contributed by atoms with van der Waals surface area (Å²) in [5.41, 5.74) is 7.23. The van der Waals surface area contributed by atoms with E-state index in [4.69, 9.17) is 15.2 Å². The van der Waals surface area contributed by atoms with Crippen molar-refractivity contribution >= 4 is 34.5 Å². The molecule has 1 aromatic carbocycles. The van der Waals surface area contributed by atoms with Crippen LogP contribution in [0.1, 0.15) is 53.2 Å². The number of hydrogen-bond donors (Lipinski definition) is 3. The van der Waals surface area contributed by atoms with E-state index in [9.17, 15) is 19.5 Å². The molecule has 172 valence electrons. The van der Waals surface area contributed by atoms with Crippen molar-refractivity contribution in [2.24, 2.45) is 0 Å². The molecule has 1 aliphatic heterocycles. The highest BCUT2D eigenvalue weighted by atomic mass is 32.1. The van der Waals surface area contributed by atoms with Crippen LogP contribution in [0.2, 0.25) is 0 Å². The van der Waals surface area contributed by atoms with Crippen molar-refractivity contribution in [2.45, 2.75) is 45.4 Å². The lowest BCUT2D eigenvalue weighted by Gasteiger charge is -2.33. The molecule has 0 bridgehead atoms. The third kappa shape index (κ3) is 5.50. The first-order chi connectivity index (χ1) is 15.1. The van der Waals surface area contributed by atoms with Crippen LogP contribution in [0.5, 0.6) is 0 Å². The van der Waals surface area contributed by atoms with Gasteiger partial charge in [0.05, 0.1) is 11.6 Å². The van der Waals surface area contributed by atoms with Crippen molar-refractivity contribution in [1.29, 1.82) is 0 Å². The Morgan fingerprint density at radius 3 is 2.56 bits per heavy atom. The Kier molecular flexibility index (Phi) is 6.93. The van der Waals surface area contributed by atoms with Crippen LogP contribution in [-0.4, -0.2) is 46.9 Å². The highest BCUT2D eigenvalue weighted by Gasteiger charge is 2.37. The molecular weight excluding hydrogens is 434 g/mol. The Hall–Kier alpha value is -3.27. The predicted molar refractivity (Wildman–Crippen MR) is 120 cm³/mol. The van der Waals surface area contributed by atoms with Gasteiger partial charge in [-0.3, -0.25) is 4.90 Å². The van der Waals surface area contributed by atoms with E-state index in [1.54, 1.807) is 20.8 Å². The number of ether oxygens (including phenoxy) is 2. The maximum Gasteiger partial charge on any atom is 0.407 e. The number of nitrogens with two attached hydrogens (primary N) is 1. The fourth-order valence-electron chi connectivity index (χ4n) is 3.49. The highest BCUT2D eigenvalue weighted by Crippen LogP contribution is 2.41. The number of carbonyl (C=O) groups excluding carboxylic acids is 2. The number of nitrogen functional groups attached to an aromatic ring is 1. The van der Waals surface area contributed by atoms with Gasteiger partial charge in [0, 0.05) is 18.0 Å². The zero-order chi connectivity index (χ0) is 23.5. The molecule has 1 unspecified atom stereocenters. The van der Waals surface area contributed by atoms with Gasteiger partial charge in [-0.05, 0) is 38.3 Å². The maximum absolute atomic E-state index is 12.7. The third-order valence-corrected chi connectivity index (χ3v) is 6.01. The Morgan fingerprint density at radius 1 is 1.25 bits per heavy atom. The average molecular weight is 462 g/mol. The fourth-order valence-corrected chi connectivity index (χ4v) is 4.71. The number of nitrogens with one attached hydrogen (secondary N) is 1. The van der Waals surface area contributed by atoms with Gasteiger partial charge in [-0.2, -0.15) is 0 Å². The van der Waals surface area contributed by atoms with Gasteiger partial charge >= 0.3 is 18.2 Å². The van der Waals surface area contributed by atoms with E-state index in [-0.39, 0.29) is 30.3 Å². The Morgan fingerprint density at radius 2 is 1.94 bits per heavy atom. The fraction of sp³-hybridized carbons (Fsp3) is 0.409. The Balaban J connectivity index is 1.76. The number of amides is 2. The number of benzene rings is 1. The summed E-state index contributed by atoms with van der Waals surface area (Å²) in [4.78, 5) is 38.6. The number of nitrogens with zero attached hydrogens (tertiary/aromatic N) is 1. The number of rotatable bonds is 5. The summed E-state index contributed by atoms with van der Waals surface area (Å²) in [7, 11) is 0. The van der Waals surface area contributed by atoms with Crippen molar-refractivity contribution in [3.63, 3.8) is 0 Å². The van der Waals surface area contributed by atoms with E-state index in [1.165, 1.54) is 4.90 Å². The first-order valence-corrected chi connectivity index (χ1v) is 11.0. The van der Waals surface area contributed by atoms with Gasteiger partial charge in [0.1, 0.15) is 17.2 Å². The summed E-state index contributed by atoms with van der Waals surface area (Å²) in [6.45, 7) is 5.54. The number of thiophene rings is 1. The molecule has 0 radical (unpaired) electrons. The molecular formula is C22H27N3O6S. The topological polar surface area (TPSA) is 131 Å². The van der Waals surface area contributed by atoms with Crippen LogP contribution in [0, 0.1) is 0 Å². The van der Waals surface area contributed by atoms with Crippen LogP contribution in [0.25, 0.3) is 0 Å². The van der Waals surface area contributed by atoms with Crippen molar-refractivity contribution in [3.8, 4) is 0 Å². The molecule has 3 rings (SSSR count). The molecule has 1 atom stereocenters. The van der Waals surface area contributed by atoms with Crippen LogP contribution in [0.3, 0.4) is 0 Å². The minimum Gasteiger partial charge on any atom is -0.465 e. The summed E-state index contributed by atoms with van der Waals surface area (Å²) in [6, 6.07) is 8.52. The second-order valence-electron chi connectivity index (χ2n) is 8.37. The SMILES string of the molecule is CC(C)(C)OC(=O)c1c(N)sc2c1CCN(C(=O)O)C2CNC(=O)OCc1ccccc1. The molecule has 1 aliphatic rings. The van der Waals surface area contributed by atoms with Gasteiger partial charge in [0.15, 0.2) is 0 Å². The summed E-state index contributed by atoms with van der Waals surface area (Å²) < 4.78 is 10.7. The lowest BCUT2D eigenvalue weighted by molar-refractivity contribution is 0.00695. The Labute approximate surface area is 190 Å². The summed E-state index contributed by atoms with van der Waals surface area (Å²) in [5.74, 6) is -0.537. The number of anilines is 1. The average Bonchev–Trinajstić information content (AvgIpc) is 3.05. The number of carboxylic acid groups (broad SMARTS) is 1. The quantitative estimate of drug-likeness (QED) is 0.577. The number of hydrogen-bond acceptors (Lipinski definition) is 7. The number of esters is 1. The predicted octanol–water partition coefficient (Wildman–Crippen LogP) is 3.79. The summed E-state index contributed by atoms with van der Waals surface area (Å²) in [6.07, 6.45) is -1.45. The van der Waals surface area contributed by atoms with E-state index in [0.717, 1.165) is 16.9 Å². The zero-order valence-corrected chi connectivity index (χ0v) is 19.0. The molecule has 9 nitrogen and oxygen atoms in total. The number of fused-ring (bicyclic) bond motifs is 1. The van der Waals surface area contributed by atoms with Gasteiger partial charge in [-0.25, -0.2) is 14.4 Å². The molecule has 2 amide bonds. The summed E-state index contributed by atoms with van der Waals surface area (Å²) >= 11 is 1.14. The second-order valence-corrected chi connectivity index (χ2v) is 9.45. The summed E-state index contributed by atoms with van der Waals surface area (Å²) in [5, 5.41) is 12.6. The zero-order valence-electron chi connectivity index (χ0n) is 18.2. The number of carbonyl (C=O) groups is 3. The van der Waals surface area contributed by atoms with Gasteiger partial charge in [0.2, 0.25) is 0 Å². The van der Waals surface area contributed by atoms with Crippen LogP contribution in [0.4, 0.5) is 14.6 Å². The lowest BCUT2D eigenvalue weighted by Crippen LogP contribution is -2.44. The first-order valence-electron chi connectivity index (χ1n) is 10.2. The van der Waals surface area contributed by atoms with Crippen molar-refractivity contribution in [1.82, 2.24) is 10.2 Å². The van der Waals surface area contributed by atoms with Crippen LogP contribution >= 0.6 is 11.3 Å². The molecule has 0 saturated heterocycles. The van der Waals surface area contributed by atoms with Crippen molar-refractivity contribution in [2.75, 3.05) is 18.8 Å². The minimum absolute atomic E-state index is 0.0133. The molecule has 2 aromatic rings. The monoisotopic (exact) mass is 461 g/mol. The normalized spacial score (nSPS) is 15.6. The molecule has 10 heteroatoms. The lowest BCUT2D eigenvalue weighted by atomic mass is 9.97. The van der Waals surface area contributed by atoms with Crippen molar-refractivity contribution < 1.29 is 29.0 Å². The highest BCUT2D eigenvalue weighted by molar-refractivity contribution is 7.16. The van der Waals surface area contributed by atoms with E-state index in [0.29, 0.717) is 16.9 Å². The van der Waals surface area contributed by atoms with Crippen LogP contribution in [0.15, 0.2) is 30.3 Å². The van der Waals surface area contributed by atoms with E-state index >= 15 is 0 Å². The molecule has 0 aliphatic carbocycles. The van der Waals surface area contributed by atoms with E-state index in [2.05, 4.69) is 5.32 Å². The van der Waals surface area contributed by atoms with E-state index < -0.39 is 29.8 Å². The van der Waals surface area contributed by atoms with Gasteiger partial charge in [-0.1, -0.05) is 30.3 Å². The molecule has 2 heterocycles. The molecule has 0 saturated carbocycles. The molecule has 32 heavy (non-hydrogen) atoms. The number of alkyl carbamates (subject to hydrolysis) is 1. The van der Waals surface area contributed by atoms with Gasteiger partial charge in [-0.15, -0.1) is 11.3 Å². The van der Waals surface area contributed by atoms with Gasteiger partial charge in [0.25, 0.3) is 0 Å². The second kappa shape index (κ2) is 9.47. The van der Waals surface area contributed by atoms with Crippen LogP contribution < -0.4 is 11.1 Å². The molecule has 0 spiro atoms. The van der Waals surface area contributed by atoms with Gasteiger partial charge < -0.3 is 25.6 Å². The smallest absolute Gasteiger partial charge is 0.407 e. The largest absolute Gasteiger partial charge is 0.465 e. The molecule has 0 fully saturated rings. The molecule has 1 aromatic heterocycles. The van der Waals surface area contributed by atoms with Crippen molar-refractivity contribution in [3.05, 3.63) is 51.9 Å². The minimum atomic E-state index is -1.12. The first kappa shape index (κ1) is 23.4. The van der Waals surface area contributed by atoms with Crippen LogP contribution in [-0.2, 0) is 22.5 Å². The third-order valence-electron chi connectivity index (χ3n) is 4.85. The van der Waals surface area contributed by atoms with E-state index in [1.807, 2.05) is 30.3 Å². The maximum atomic E-state index is 12.7. The molecule has 4 N–H and O–H groups in total. The standard InChI is InChI=1S/C22H27N3O6S/c1-22(2,3)31-19(26)16-14-9-10-25(21(28)29)15(17(14)32-18(16)23)11-24-20(27)30-12-13-7-5-4-6-8-13/h4-8,15H,9-12,23H2,1-3H3,(H,24,27)(H,28,29). The Bertz CT molecular complexity index is 999.